The zero-order valence-corrected chi connectivity index (χ0v) is 18.1. The predicted octanol–water partition coefficient (Wildman–Crippen LogP) is 3.94. The third kappa shape index (κ3) is 4.39. The topological polar surface area (TPSA) is 110 Å². The smallest absolute Gasteiger partial charge is 0.265 e. The molecule has 4 rings (SSSR count). The molecule has 0 aliphatic heterocycles. The molecule has 10 heteroatoms. The highest BCUT2D eigenvalue weighted by molar-refractivity contribution is 7.92. The number of sulfonamides is 1. The third-order valence-corrected chi connectivity index (χ3v) is 7.13. The standard InChI is InChI=1S/C21H24FN5O3S/c1-14-9-19(31(28,29)27-20-6-8-23-13-24-20)17(22)10-18(14)30-21(2)7-4-3-5-16(21)15-11-25-26-12-15/h6,8-13,16H,3-5,7H2,1-2H3,(H,25,26)(H,23,24,27)/t16-,21-/m1/s1. The second-order valence-electron chi connectivity index (χ2n) is 7.99. The molecule has 0 spiro atoms. The van der Waals surface area contributed by atoms with Crippen LogP contribution < -0.4 is 9.46 Å². The molecule has 31 heavy (non-hydrogen) atoms. The van der Waals surface area contributed by atoms with Crippen molar-refractivity contribution in [2.24, 2.45) is 0 Å². The summed E-state index contributed by atoms with van der Waals surface area (Å²) in [5, 5.41) is 6.90. The highest BCUT2D eigenvalue weighted by atomic mass is 32.2. The summed E-state index contributed by atoms with van der Waals surface area (Å²) >= 11 is 0. The first-order valence-corrected chi connectivity index (χ1v) is 11.5. The van der Waals surface area contributed by atoms with Crippen LogP contribution in [-0.2, 0) is 10.0 Å². The van der Waals surface area contributed by atoms with Crippen LogP contribution in [0.2, 0.25) is 0 Å². The first-order valence-electron chi connectivity index (χ1n) is 10.1. The Bertz CT molecular complexity index is 1160. The number of anilines is 1. The molecular weight excluding hydrogens is 421 g/mol. The monoisotopic (exact) mass is 445 g/mol. The van der Waals surface area contributed by atoms with Crippen molar-refractivity contribution in [3.63, 3.8) is 0 Å². The van der Waals surface area contributed by atoms with Gasteiger partial charge in [-0.15, -0.1) is 0 Å². The van der Waals surface area contributed by atoms with Gasteiger partial charge in [-0.2, -0.15) is 5.10 Å². The van der Waals surface area contributed by atoms with E-state index >= 15 is 0 Å². The number of aromatic nitrogens is 4. The van der Waals surface area contributed by atoms with E-state index in [2.05, 4.69) is 24.9 Å². The summed E-state index contributed by atoms with van der Waals surface area (Å²) in [5.74, 6) is -0.395. The number of H-pyrrole nitrogens is 1. The van der Waals surface area contributed by atoms with Crippen LogP contribution in [0.1, 0.15) is 49.7 Å². The number of nitrogens with zero attached hydrogens (tertiary/aromatic N) is 3. The fourth-order valence-electron chi connectivity index (χ4n) is 4.14. The molecule has 0 amide bonds. The molecule has 164 valence electrons. The Labute approximate surface area is 180 Å². The molecule has 2 N–H and O–H groups in total. The van der Waals surface area contributed by atoms with Gasteiger partial charge >= 0.3 is 0 Å². The molecule has 0 saturated heterocycles. The molecule has 2 aromatic heterocycles. The van der Waals surface area contributed by atoms with Crippen molar-refractivity contribution in [1.29, 1.82) is 0 Å². The molecular formula is C21H24FN5O3S. The van der Waals surface area contributed by atoms with E-state index in [0.29, 0.717) is 11.3 Å². The Morgan fingerprint density at radius 2 is 2.16 bits per heavy atom. The number of rotatable bonds is 6. The summed E-state index contributed by atoms with van der Waals surface area (Å²) in [6.07, 6.45) is 10.1. The second kappa shape index (κ2) is 8.26. The largest absolute Gasteiger partial charge is 0.487 e. The highest BCUT2D eigenvalue weighted by Crippen LogP contribution is 2.44. The average Bonchev–Trinajstić information content (AvgIpc) is 3.25. The van der Waals surface area contributed by atoms with E-state index in [1.54, 1.807) is 13.1 Å². The fraction of sp³-hybridized carbons (Fsp3) is 0.381. The van der Waals surface area contributed by atoms with Crippen molar-refractivity contribution >= 4 is 15.8 Å². The maximum absolute atomic E-state index is 14.9. The Morgan fingerprint density at radius 3 is 2.87 bits per heavy atom. The summed E-state index contributed by atoms with van der Waals surface area (Å²) in [7, 11) is -4.16. The fourth-order valence-corrected chi connectivity index (χ4v) is 5.30. The predicted molar refractivity (Wildman–Crippen MR) is 113 cm³/mol. The minimum absolute atomic E-state index is 0.0602. The summed E-state index contributed by atoms with van der Waals surface area (Å²) in [4.78, 5) is 7.10. The molecule has 1 aromatic carbocycles. The van der Waals surface area contributed by atoms with Crippen molar-refractivity contribution in [3.05, 3.63) is 60.1 Å². The number of aryl methyl sites for hydroxylation is 1. The van der Waals surface area contributed by atoms with Crippen LogP contribution >= 0.6 is 0 Å². The molecule has 8 nitrogen and oxygen atoms in total. The van der Waals surface area contributed by atoms with Gasteiger partial charge in [0.25, 0.3) is 10.0 Å². The van der Waals surface area contributed by atoms with Gasteiger partial charge < -0.3 is 4.74 Å². The normalized spacial score (nSPS) is 21.6. The van der Waals surface area contributed by atoms with Gasteiger partial charge in [0.05, 0.1) is 6.20 Å². The number of nitrogens with one attached hydrogen (secondary N) is 2. The summed E-state index contributed by atoms with van der Waals surface area (Å²) < 4.78 is 48.9. The lowest BCUT2D eigenvalue weighted by atomic mass is 9.73. The first kappa shape index (κ1) is 21.2. The molecule has 1 saturated carbocycles. The van der Waals surface area contributed by atoms with Gasteiger partial charge in [0.2, 0.25) is 0 Å². The van der Waals surface area contributed by atoms with Crippen molar-refractivity contribution in [1.82, 2.24) is 20.2 Å². The highest BCUT2D eigenvalue weighted by Gasteiger charge is 2.40. The zero-order chi connectivity index (χ0) is 22.1. The molecule has 3 aromatic rings. The lowest BCUT2D eigenvalue weighted by Gasteiger charge is -2.41. The Morgan fingerprint density at radius 1 is 1.32 bits per heavy atom. The van der Waals surface area contributed by atoms with E-state index in [9.17, 15) is 12.8 Å². The van der Waals surface area contributed by atoms with E-state index in [4.69, 9.17) is 4.74 Å². The van der Waals surface area contributed by atoms with Crippen molar-refractivity contribution < 1.29 is 17.5 Å². The lowest BCUT2D eigenvalue weighted by Crippen LogP contribution is -2.42. The van der Waals surface area contributed by atoms with Gasteiger partial charge in [0.15, 0.2) is 0 Å². The lowest BCUT2D eigenvalue weighted by molar-refractivity contribution is 0.0251. The number of hydrogen-bond donors (Lipinski definition) is 2. The summed E-state index contributed by atoms with van der Waals surface area (Å²) in [6, 6.07) is 3.82. The molecule has 2 heterocycles. The van der Waals surface area contributed by atoms with Crippen LogP contribution in [0.5, 0.6) is 5.75 Å². The van der Waals surface area contributed by atoms with Crippen LogP contribution in [-0.4, -0.2) is 34.2 Å². The molecule has 1 fully saturated rings. The van der Waals surface area contributed by atoms with Crippen molar-refractivity contribution in [3.8, 4) is 5.75 Å². The Kier molecular flexibility index (Phi) is 5.65. The first-order chi connectivity index (χ1) is 14.8. The number of aromatic amines is 1. The minimum atomic E-state index is -4.16. The van der Waals surface area contributed by atoms with Gasteiger partial charge in [0, 0.05) is 24.4 Å². The number of hydrogen-bond acceptors (Lipinski definition) is 6. The van der Waals surface area contributed by atoms with Gasteiger partial charge in [-0.3, -0.25) is 9.82 Å². The molecule has 0 bridgehead atoms. The van der Waals surface area contributed by atoms with Crippen molar-refractivity contribution in [2.45, 2.75) is 55.9 Å². The molecule has 2 atom stereocenters. The van der Waals surface area contributed by atoms with E-state index in [-0.39, 0.29) is 11.7 Å². The van der Waals surface area contributed by atoms with E-state index in [0.717, 1.165) is 37.3 Å². The van der Waals surface area contributed by atoms with Gasteiger partial charge in [0.1, 0.15) is 34.2 Å². The molecule has 1 aliphatic rings. The van der Waals surface area contributed by atoms with Crippen molar-refractivity contribution in [2.75, 3.05) is 4.72 Å². The van der Waals surface area contributed by atoms with Crippen LogP contribution in [0, 0.1) is 12.7 Å². The number of ether oxygens (including phenoxy) is 1. The Balaban J connectivity index is 1.62. The summed E-state index contributed by atoms with van der Waals surface area (Å²) in [6.45, 7) is 3.72. The average molecular weight is 446 g/mol. The quantitative estimate of drug-likeness (QED) is 0.595. The van der Waals surface area contributed by atoms with Crippen LogP contribution in [0.3, 0.4) is 0 Å². The molecule has 0 radical (unpaired) electrons. The third-order valence-electron chi connectivity index (χ3n) is 5.76. The maximum atomic E-state index is 14.9. The summed E-state index contributed by atoms with van der Waals surface area (Å²) in [5.41, 5.74) is 1.02. The van der Waals surface area contributed by atoms with Gasteiger partial charge in [-0.1, -0.05) is 6.42 Å². The Hall–Kier alpha value is -3.01. The van der Waals surface area contributed by atoms with Gasteiger partial charge in [-0.05, 0) is 56.4 Å². The number of halogens is 1. The second-order valence-corrected chi connectivity index (χ2v) is 9.64. The SMILES string of the molecule is Cc1cc(S(=O)(=O)Nc2ccncn2)c(F)cc1O[C@]1(C)CCCC[C@@H]1c1cn[nH]c1. The van der Waals surface area contributed by atoms with E-state index in [1.165, 1.54) is 24.7 Å². The van der Waals surface area contributed by atoms with Crippen LogP contribution in [0.15, 0.2) is 48.0 Å². The maximum Gasteiger partial charge on any atom is 0.265 e. The van der Waals surface area contributed by atoms with E-state index in [1.807, 2.05) is 13.1 Å². The van der Waals surface area contributed by atoms with Gasteiger partial charge in [-0.25, -0.2) is 22.8 Å². The minimum Gasteiger partial charge on any atom is -0.487 e. The van der Waals surface area contributed by atoms with Crippen LogP contribution in [0.25, 0.3) is 0 Å². The zero-order valence-electron chi connectivity index (χ0n) is 17.3. The van der Waals surface area contributed by atoms with Crippen LogP contribution in [0.4, 0.5) is 10.2 Å². The van der Waals surface area contributed by atoms with E-state index < -0.39 is 26.3 Å². The molecule has 0 unspecified atom stereocenters. The number of benzene rings is 1. The molecule has 1 aliphatic carbocycles.